The molecular formula is C13H25NO3. The Morgan fingerprint density at radius 2 is 1.71 bits per heavy atom. The maximum Gasteiger partial charge on any atom is 0.308 e. The van der Waals surface area contributed by atoms with Gasteiger partial charge in [0.15, 0.2) is 0 Å². The van der Waals surface area contributed by atoms with Crippen LogP contribution in [0.15, 0.2) is 0 Å². The highest BCUT2D eigenvalue weighted by Gasteiger charge is 2.18. The first-order chi connectivity index (χ1) is 7.80. The summed E-state index contributed by atoms with van der Waals surface area (Å²) < 4.78 is 5.20. The Morgan fingerprint density at radius 1 is 1.12 bits per heavy atom. The van der Waals surface area contributed by atoms with E-state index in [1.54, 1.807) is 4.90 Å². The minimum absolute atomic E-state index is 0.110. The van der Waals surface area contributed by atoms with Crippen LogP contribution in [0.2, 0.25) is 0 Å². The molecule has 0 saturated carbocycles. The van der Waals surface area contributed by atoms with Crippen LogP contribution < -0.4 is 0 Å². The predicted molar refractivity (Wildman–Crippen MR) is 67.6 cm³/mol. The highest BCUT2D eigenvalue weighted by Crippen LogP contribution is 2.09. The van der Waals surface area contributed by atoms with Gasteiger partial charge in [0.1, 0.15) is 5.60 Å². The fraction of sp³-hybridized carbons (Fsp3) is 0.846. The van der Waals surface area contributed by atoms with Crippen molar-refractivity contribution in [3.05, 3.63) is 0 Å². The molecule has 4 heteroatoms. The van der Waals surface area contributed by atoms with E-state index in [0.29, 0.717) is 19.5 Å². The minimum Gasteiger partial charge on any atom is -0.460 e. The highest BCUT2D eigenvalue weighted by molar-refractivity contribution is 5.77. The van der Waals surface area contributed by atoms with E-state index in [-0.39, 0.29) is 18.3 Å². The van der Waals surface area contributed by atoms with E-state index in [1.165, 1.54) is 0 Å². The zero-order valence-corrected chi connectivity index (χ0v) is 11.7. The molecular weight excluding hydrogens is 218 g/mol. The summed E-state index contributed by atoms with van der Waals surface area (Å²) in [5.74, 6) is -0.140. The predicted octanol–water partition coefficient (Wildman–Crippen LogP) is 2.37. The summed E-state index contributed by atoms with van der Waals surface area (Å²) in [5.41, 5.74) is -0.457. The quantitative estimate of drug-likeness (QED) is 0.673. The van der Waals surface area contributed by atoms with Gasteiger partial charge in [0.25, 0.3) is 0 Å². The molecule has 0 N–H and O–H groups in total. The Morgan fingerprint density at radius 3 is 2.12 bits per heavy atom. The van der Waals surface area contributed by atoms with Crippen molar-refractivity contribution in [2.45, 2.75) is 59.5 Å². The summed E-state index contributed by atoms with van der Waals surface area (Å²) in [6.45, 7) is 10.5. The summed E-state index contributed by atoms with van der Waals surface area (Å²) in [7, 11) is 0. The van der Waals surface area contributed by atoms with Gasteiger partial charge in [-0.15, -0.1) is 0 Å². The van der Waals surface area contributed by atoms with Crippen molar-refractivity contribution >= 4 is 11.9 Å². The van der Waals surface area contributed by atoms with Crippen molar-refractivity contribution < 1.29 is 14.3 Å². The maximum atomic E-state index is 11.6. The summed E-state index contributed by atoms with van der Waals surface area (Å²) in [6.07, 6.45) is 1.64. The zero-order chi connectivity index (χ0) is 13.5. The number of hydrogen-bond donors (Lipinski definition) is 0. The van der Waals surface area contributed by atoms with E-state index in [4.69, 9.17) is 4.74 Å². The van der Waals surface area contributed by atoms with Gasteiger partial charge in [-0.25, -0.2) is 0 Å². The van der Waals surface area contributed by atoms with Gasteiger partial charge in [-0.2, -0.15) is 0 Å². The Bertz CT molecular complexity index is 256. The summed E-state index contributed by atoms with van der Waals surface area (Å²) >= 11 is 0. The van der Waals surface area contributed by atoms with Crippen LogP contribution in [0, 0.1) is 0 Å². The molecule has 0 rings (SSSR count). The van der Waals surface area contributed by atoms with Gasteiger partial charge in [0, 0.05) is 19.5 Å². The molecule has 0 atom stereocenters. The second-order valence-electron chi connectivity index (χ2n) is 5.06. The van der Waals surface area contributed by atoms with E-state index in [9.17, 15) is 9.59 Å². The first-order valence-electron chi connectivity index (χ1n) is 6.29. The molecule has 0 aromatic carbocycles. The van der Waals surface area contributed by atoms with E-state index in [2.05, 4.69) is 0 Å². The molecule has 100 valence electrons. The standard InChI is InChI=1S/C13H25NO3/c1-6-8-11(15)14(7-2)10-9-12(16)17-13(3,4)5/h6-10H2,1-5H3. The molecule has 0 fully saturated rings. The molecule has 0 aromatic heterocycles. The zero-order valence-electron chi connectivity index (χ0n) is 11.7. The van der Waals surface area contributed by atoms with Gasteiger partial charge in [-0.1, -0.05) is 6.92 Å². The fourth-order valence-corrected chi connectivity index (χ4v) is 1.45. The lowest BCUT2D eigenvalue weighted by Crippen LogP contribution is -2.34. The van der Waals surface area contributed by atoms with Gasteiger partial charge in [-0.3, -0.25) is 9.59 Å². The molecule has 0 saturated heterocycles. The molecule has 1 amide bonds. The molecule has 0 radical (unpaired) electrons. The summed E-state index contributed by atoms with van der Waals surface area (Å²) in [5, 5.41) is 0. The molecule has 0 aromatic rings. The van der Waals surface area contributed by atoms with E-state index < -0.39 is 5.60 Å². The Kier molecular flexibility index (Phi) is 6.85. The van der Waals surface area contributed by atoms with Crippen molar-refractivity contribution in [2.24, 2.45) is 0 Å². The first-order valence-corrected chi connectivity index (χ1v) is 6.29. The molecule has 0 unspecified atom stereocenters. The lowest BCUT2D eigenvalue weighted by Gasteiger charge is -2.23. The van der Waals surface area contributed by atoms with Gasteiger partial charge < -0.3 is 9.64 Å². The van der Waals surface area contributed by atoms with E-state index >= 15 is 0 Å². The average Bonchev–Trinajstić information content (AvgIpc) is 2.16. The lowest BCUT2D eigenvalue weighted by atomic mass is 10.2. The SMILES string of the molecule is CCCC(=O)N(CC)CCC(=O)OC(C)(C)C. The normalized spacial score (nSPS) is 11.1. The van der Waals surface area contributed by atoms with Crippen LogP contribution in [-0.2, 0) is 14.3 Å². The van der Waals surface area contributed by atoms with Gasteiger partial charge in [-0.05, 0) is 34.1 Å². The Hall–Kier alpha value is -1.06. The van der Waals surface area contributed by atoms with Gasteiger partial charge in [0.2, 0.25) is 5.91 Å². The van der Waals surface area contributed by atoms with Crippen LogP contribution in [0.3, 0.4) is 0 Å². The van der Waals surface area contributed by atoms with Crippen LogP contribution in [0.5, 0.6) is 0 Å². The number of esters is 1. The molecule has 4 nitrogen and oxygen atoms in total. The summed E-state index contributed by atoms with van der Waals surface area (Å²) in [4.78, 5) is 24.8. The Labute approximate surface area is 104 Å². The number of amides is 1. The molecule has 17 heavy (non-hydrogen) atoms. The minimum atomic E-state index is -0.457. The van der Waals surface area contributed by atoms with Crippen LogP contribution in [0.25, 0.3) is 0 Å². The van der Waals surface area contributed by atoms with E-state index in [0.717, 1.165) is 6.42 Å². The van der Waals surface area contributed by atoms with Crippen LogP contribution in [-0.4, -0.2) is 35.5 Å². The number of carbonyl (C=O) groups is 2. The third-order valence-corrected chi connectivity index (χ3v) is 2.20. The fourth-order valence-electron chi connectivity index (χ4n) is 1.45. The van der Waals surface area contributed by atoms with Gasteiger partial charge in [0.05, 0.1) is 6.42 Å². The van der Waals surface area contributed by atoms with Gasteiger partial charge >= 0.3 is 5.97 Å². The van der Waals surface area contributed by atoms with E-state index in [1.807, 2.05) is 34.6 Å². The molecule has 0 aliphatic heterocycles. The van der Waals surface area contributed by atoms with Crippen LogP contribution >= 0.6 is 0 Å². The third-order valence-electron chi connectivity index (χ3n) is 2.20. The largest absolute Gasteiger partial charge is 0.460 e. The number of nitrogens with zero attached hydrogens (tertiary/aromatic N) is 1. The van der Waals surface area contributed by atoms with Crippen molar-refractivity contribution in [3.63, 3.8) is 0 Å². The third kappa shape index (κ3) is 7.77. The monoisotopic (exact) mass is 243 g/mol. The number of ether oxygens (including phenoxy) is 1. The van der Waals surface area contributed by atoms with Crippen molar-refractivity contribution in [3.8, 4) is 0 Å². The smallest absolute Gasteiger partial charge is 0.308 e. The maximum absolute atomic E-state index is 11.6. The Balaban J connectivity index is 4.07. The number of rotatable bonds is 6. The highest BCUT2D eigenvalue weighted by atomic mass is 16.6. The number of hydrogen-bond acceptors (Lipinski definition) is 3. The lowest BCUT2D eigenvalue weighted by molar-refractivity contribution is -0.155. The number of carbonyl (C=O) groups excluding carboxylic acids is 2. The molecule has 0 aliphatic carbocycles. The van der Waals surface area contributed by atoms with Crippen molar-refractivity contribution in [2.75, 3.05) is 13.1 Å². The van der Waals surface area contributed by atoms with Crippen LogP contribution in [0.1, 0.15) is 53.9 Å². The van der Waals surface area contributed by atoms with Crippen molar-refractivity contribution in [1.29, 1.82) is 0 Å². The second-order valence-corrected chi connectivity index (χ2v) is 5.06. The average molecular weight is 243 g/mol. The second kappa shape index (κ2) is 7.30. The van der Waals surface area contributed by atoms with Crippen LogP contribution in [0.4, 0.5) is 0 Å². The first kappa shape index (κ1) is 15.9. The molecule has 0 bridgehead atoms. The molecule has 0 spiro atoms. The molecule has 0 aliphatic rings. The topological polar surface area (TPSA) is 46.6 Å². The molecule has 0 heterocycles. The van der Waals surface area contributed by atoms with Crippen molar-refractivity contribution in [1.82, 2.24) is 4.90 Å². The summed E-state index contributed by atoms with van der Waals surface area (Å²) in [6, 6.07) is 0.